The van der Waals surface area contributed by atoms with Crippen LogP contribution in [0.2, 0.25) is 0 Å². The van der Waals surface area contributed by atoms with Crippen molar-refractivity contribution in [1.82, 2.24) is 0 Å². The average Bonchev–Trinajstić information content (AvgIpc) is 2.98. The number of thiol groups is 1. The van der Waals surface area contributed by atoms with Crippen LogP contribution in [-0.4, -0.2) is 5.75 Å². The molecule has 0 radical (unpaired) electrons. The van der Waals surface area contributed by atoms with Crippen molar-refractivity contribution >= 4 is 29.7 Å². The number of rotatable bonds is 10. The molecule has 1 nitrogen and oxygen atoms in total. The van der Waals surface area contributed by atoms with Gasteiger partial charge in [0.1, 0.15) is 0 Å². The van der Waals surface area contributed by atoms with Gasteiger partial charge in [0.2, 0.25) is 0 Å². The number of hydrogen-bond donors (Lipinski definition) is 1. The van der Waals surface area contributed by atoms with Gasteiger partial charge in [-0.3, -0.25) is 0 Å². The van der Waals surface area contributed by atoms with E-state index in [1.165, 1.54) is 52.8 Å². The van der Waals surface area contributed by atoms with E-state index in [-0.39, 0.29) is 0 Å². The lowest BCUT2D eigenvalue weighted by Crippen LogP contribution is -2.10. The number of benzene rings is 5. The zero-order valence-corrected chi connectivity index (χ0v) is 22.0. The van der Waals surface area contributed by atoms with Crippen LogP contribution in [0.25, 0.3) is 22.3 Å². The number of unbranched alkanes of at least 4 members (excludes halogenated alkanes) is 2. The van der Waals surface area contributed by atoms with Crippen LogP contribution >= 0.6 is 12.6 Å². The molecule has 0 aromatic heterocycles. The normalized spacial score (nSPS) is 10.8. The predicted octanol–water partition coefficient (Wildman–Crippen LogP) is 10.1. The minimum absolute atomic E-state index is 0.972. The van der Waals surface area contributed by atoms with Crippen molar-refractivity contribution in [1.29, 1.82) is 0 Å². The lowest BCUT2D eigenvalue weighted by atomic mass is 10.0. The molecule has 0 bridgehead atoms. The van der Waals surface area contributed by atoms with Crippen molar-refractivity contribution in [3.63, 3.8) is 0 Å². The van der Waals surface area contributed by atoms with E-state index < -0.39 is 0 Å². The van der Waals surface area contributed by atoms with Crippen LogP contribution in [0, 0.1) is 0 Å². The van der Waals surface area contributed by atoms with Gasteiger partial charge in [0, 0.05) is 17.1 Å². The van der Waals surface area contributed by atoms with Gasteiger partial charge in [-0.2, -0.15) is 12.6 Å². The Morgan fingerprint density at radius 3 is 1.24 bits per heavy atom. The van der Waals surface area contributed by atoms with Gasteiger partial charge in [-0.25, -0.2) is 0 Å². The summed E-state index contributed by atoms with van der Waals surface area (Å²) >= 11 is 4.33. The Labute approximate surface area is 226 Å². The Morgan fingerprint density at radius 1 is 0.405 bits per heavy atom. The van der Waals surface area contributed by atoms with Gasteiger partial charge in [-0.05, 0) is 89.2 Å². The fourth-order valence-electron chi connectivity index (χ4n) is 4.74. The van der Waals surface area contributed by atoms with Crippen LogP contribution in [0.1, 0.15) is 24.8 Å². The van der Waals surface area contributed by atoms with Gasteiger partial charge in [-0.1, -0.05) is 103 Å². The molecule has 0 fully saturated rings. The summed E-state index contributed by atoms with van der Waals surface area (Å²) in [6, 6.07) is 47.9. The first-order valence-corrected chi connectivity index (χ1v) is 13.8. The molecule has 0 heterocycles. The van der Waals surface area contributed by atoms with Crippen LogP contribution in [0.3, 0.4) is 0 Å². The second-order valence-electron chi connectivity index (χ2n) is 9.36. The molecular weight excluding hydrogens is 466 g/mol. The summed E-state index contributed by atoms with van der Waals surface area (Å²) in [7, 11) is 0. The quantitative estimate of drug-likeness (QED) is 0.148. The number of aryl methyl sites for hydroxylation is 1. The van der Waals surface area contributed by atoms with Crippen LogP contribution in [-0.2, 0) is 6.42 Å². The largest absolute Gasteiger partial charge is 0.311 e. The maximum absolute atomic E-state index is 4.33. The summed E-state index contributed by atoms with van der Waals surface area (Å²) < 4.78 is 0. The molecule has 0 spiro atoms. The molecule has 37 heavy (non-hydrogen) atoms. The summed E-state index contributed by atoms with van der Waals surface area (Å²) in [5.74, 6) is 0.972. The van der Waals surface area contributed by atoms with Crippen LogP contribution in [0.4, 0.5) is 17.1 Å². The number of anilines is 3. The highest BCUT2D eigenvalue weighted by Gasteiger charge is 2.13. The van der Waals surface area contributed by atoms with Crippen LogP contribution in [0.15, 0.2) is 133 Å². The van der Waals surface area contributed by atoms with Crippen molar-refractivity contribution in [3.8, 4) is 22.3 Å². The van der Waals surface area contributed by atoms with Crippen molar-refractivity contribution < 1.29 is 0 Å². The first-order valence-electron chi connectivity index (χ1n) is 13.1. The molecule has 2 heteroatoms. The van der Waals surface area contributed by atoms with E-state index in [0.29, 0.717) is 0 Å². The van der Waals surface area contributed by atoms with E-state index in [2.05, 4.69) is 151 Å². The zero-order valence-electron chi connectivity index (χ0n) is 21.1. The highest BCUT2D eigenvalue weighted by Crippen LogP contribution is 2.36. The molecular formula is C35H33NS. The van der Waals surface area contributed by atoms with Gasteiger partial charge < -0.3 is 4.90 Å². The number of nitrogens with zero attached hydrogens (tertiary/aromatic N) is 1. The molecule has 184 valence electrons. The molecule has 5 rings (SSSR count). The SMILES string of the molecule is SCCCCCc1ccc(N(c2ccc(-c3ccccc3)cc2)c2ccc(-c3ccccc3)cc2)cc1. The van der Waals surface area contributed by atoms with Gasteiger partial charge >= 0.3 is 0 Å². The predicted molar refractivity (Wildman–Crippen MR) is 163 cm³/mol. The van der Waals surface area contributed by atoms with Gasteiger partial charge in [-0.15, -0.1) is 0 Å². The first kappa shape index (κ1) is 24.9. The third-order valence-corrected chi connectivity index (χ3v) is 7.10. The monoisotopic (exact) mass is 499 g/mol. The molecule has 0 aliphatic carbocycles. The molecule has 0 aliphatic rings. The Morgan fingerprint density at radius 2 is 0.811 bits per heavy atom. The van der Waals surface area contributed by atoms with E-state index in [9.17, 15) is 0 Å². The Kier molecular flexibility index (Phi) is 8.40. The molecule has 0 saturated carbocycles. The molecule has 5 aromatic rings. The van der Waals surface area contributed by atoms with E-state index in [4.69, 9.17) is 0 Å². The molecule has 0 aliphatic heterocycles. The topological polar surface area (TPSA) is 3.24 Å². The van der Waals surface area contributed by atoms with Crippen molar-refractivity contribution in [2.75, 3.05) is 10.7 Å². The molecule has 0 amide bonds. The first-order chi connectivity index (χ1) is 18.3. The highest BCUT2D eigenvalue weighted by molar-refractivity contribution is 7.80. The minimum Gasteiger partial charge on any atom is -0.311 e. The Bertz CT molecular complexity index is 1280. The standard InChI is InChI=1S/C35H33NS/c37-27-9-3-4-10-28-15-21-33(22-16-28)36(34-23-17-31(18-24-34)29-11-5-1-6-12-29)35-25-19-32(20-26-35)30-13-7-2-8-14-30/h1-2,5-8,11-26,37H,3-4,9-10,27H2. The molecule has 0 atom stereocenters. The zero-order chi connectivity index (χ0) is 25.3. The van der Waals surface area contributed by atoms with E-state index in [1.54, 1.807) is 0 Å². The van der Waals surface area contributed by atoms with Gasteiger partial charge in [0.05, 0.1) is 0 Å². The average molecular weight is 500 g/mol. The van der Waals surface area contributed by atoms with Crippen molar-refractivity contribution in [2.45, 2.75) is 25.7 Å². The summed E-state index contributed by atoms with van der Waals surface area (Å²) in [5, 5.41) is 0. The maximum atomic E-state index is 4.33. The van der Waals surface area contributed by atoms with Crippen molar-refractivity contribution in [3.05, 3.63) is 139 Å². The van der Waals surface area contributed by atoms with Gasteiger partial charge in [0.15, 0.2) is 0 Å². The lowest BCUT2D eigenvalue weighted by Gasteiger charge is -2.26. The van der Waals surface area contributed by atoms with Crippen molar-refractivity contribution in [2.24, 2.45) is 0 Å². The van der Waals surface area contributed by atoms with E-state index >= 15 is 0 Å². The molecule has 0 saturated heterocycles. The molecule has 0 unspecified atom stereocenters. The second-order valence-corrected chi connectivity index (χ2v) is 9.81. The number of hydrogen-bond acceptors (Lipinski definition) is 2. The minimum atomic E-state index is 0.972. The van der Waals surface area contributed by atoms with Crippen LogP contribution in [0.5, 0.6) is 0 Å². The third kappa shape index (κ3) is 6.34. The Hall–Kier alpha value is -3.75. The summed E-state index contributed by atoms with van der Waals surface area (Å²) in [6.07, 6.45) is 4.75. The van der Waals surface area contributed by atoms with Gasteiger partial charge in [0.25, 0.3) is 0 Å². The summed E-state index contributed by atoms with van der Waals surface area (Å²) in [6.45, 7) is 0. The molecule has 0 N–H and O–H groups in total. The summed E-state index contributed by atoms with van der Waals surface area (Å²) in [4.78, 5) is 2.34. The fraction of sp³-hybridized carbons (Fsp3) is 0.143. The maximum Gasteiger partial charge on any atom is 0.0462 e. The summed E-state index contributed by atoms with van der Waals surface area (Å²) in [5.41, 5.74) is 9.76. The van der Waals surface area contributed by atoms with E-state index in [1.807, 2.05) is 0 Å². The fourth-order valence-corrected chi connectivity index (χ4v) is 4.97. The molecule has 5 aromatic carbocycles. The van der Waals surface area contributed by atoms with Crippen LogP contribution < -0.4 is 4.90 Å². The van der Waals surface area contributed by atoms with E-state index in [0.717, 1.165) is 23.5 Å². The highest BCUT2D eigenvalue weighted by atomic mass is 32.1. The second kappa shape index (κ2) is 12.5. The Balaban J connectivity index is 1.45. The lowest BCUT2D eigenvalue weighted by molar-refractivity contribution is 0.723. The third-order valence-electron chi connectivity index (χ3n) is 6.78. The smallest absolute Gasteiger partial charge is 0.0462 e.